The second-order valence-corrected chi connectivity index (χ2v) is 5.45. The van der Waals surface area contributed by atoms with E-state index >= 15 is 0 Å². The lowest BCUT2D eigenvalue weighted by Gasteiger charge is -2.32. The fraction of sp³-hybridized carbons (Fsp3) is 1.00. The third kappa shape index (κ3) is 7.32. The molecule has 2 unspecified atom stereocenters. The van der Waals surface area contributed by atoms with Crippen molar-refractivity contribution in [2.75, 3.05) is 59.0 Å². The summed E-state index contributed by atoms with van der Waals surface area (Å²) < 4.78 is 11.3. The monoisotopic (exact) mass is 262 g/mol. The van der Waals surface area contributed by atoms with Crippen LogP contribution in [0.5, 0.6) is 0 Å². The van der Waals surface area contributed by atoms with Crippen molar-refractivity contribution in [2.24, 2.45) is 0 Å². The molecular formula is C12H27N2O2P. The maximum atomic E-state index is 5.74. The third-order valence-electron chi connectivity index (χ3n) is 2.80. The van der Waals surface area contributed by atoms with Crippen molar-refractivity contribution in [3.05, 3.63) is 0 Å². The summed E-state index contributed by atoms with van der Waals surface area (Å²) >= 11 is 0. The van der Waals surface area contributed by atoms with Crippen LogP contribution in [0.3, 0.4) is 0 Å². The normalized spacial score (nSPS) is 22.6. The Bertz CT molecular complexity index is 184. The van der Waals surface area contributed by atoms with E-state index in [1.807, 2.05) is 0 Å². The topological polar surface area (TPSA) is 33.7 Å². The molecule has 0 amide bonds. The lowest BCUT2D eigenvalue weighted by Crippen LogP contribution is -2.47. The predicted octanol–water partition coefficient (Wildman–Crippen LogP) is 0.969. The van der Waals surface area contributed by atoms with Gasteiger partial charge in [-0.25, -0.2) is 0 Å². The van der Waals surface area contributed by atoms with E-state index in [1.54, 1.807) is 0 Å². The highest BCUT2D eigenvalue weighted by Crippen LogP contribution is 2.05. The summed E-state index contributed by atoms with van der Waals surface area (Å²) in [5, 5.41) is 3.43. The van der Waals surface area contributed by atoms with Gasteiger partial charge in [-0.2, -0.15) is 0 Å². The molecule has 0 aliphatic carbocycles. The molecule has 17 heavy (non-hydrogen) atoms. The summed E-state index contributed by atoms with van der Waals surface area (Å²) in [4.78, 5) is 2.44. The van der Waals surface area contributed by atoms with Crippen molar-refractivity contribution < 1.29 is 9.47 Å². The molecule has 102 valence electrons. The lowest BCUT2D eigenvalue weighted by atomic mass is 10.2. The van der Waals surface area contributed by atoms with Gasteiger partial charge in [-0.15, -0.1) is 8.58 Å². The number of nitrogens with one attached hydrogen (secondary N) is 1. The Balaban J connectivity index is 2.06. The van der Waals surface area contributed by atoms with Crippen LogP contribution in [0.1, 0.15) is 13.3 Å². The van der Waals surface area contributed by atoms with E-state index in [0.717, 1.165) is 67.3 Å². The van der Waals surface area contributed by atoms with Crippen molar-refractivity contribution >= 4 is 8.58 Å². The zero-order valence-electron chi connectivity index (χ0n) is 11.2. The van der Waals surface area contributed by atoms with Gasteiger partial charge in [0.05, 0.1) is 19.3 Å². The first-order chi connectivity index (χ1) is 8.36. The van der Waals surface area contributed by atoms with Gasteiger partial charge in [0, 0.05) is 39.1 Å². The van der Waals surface area contributed by atoms with E-state index in [9.17, 15) is 0 Å². The molecule has 0 radical (unpaired) electrons. The summed E-state index contributed by atoms with van der Waals surface area (Å²) in [5.41, 5.74) is 0. The molecule has 5 heteroatoms. The Labute approximate surface area is 107 Å². The summed E-state index contributed by atoms with van der Waals surface area (Å²) in [6, 6.07) is 0. The van der Waals surface area contributed by atoms with Gasteiger partial charge >= 0.3 is 0 Å². The second-order valence-electron chi connectivity index (χ2n) is 4.39. The standard InChI is InChI=1S/C12H27N2O2P/c1-3-6-15-7-4-14-5-8-16-12(10-14)9-13-11-17-2/h12-13,17H,3-11H2,1-2H3. The van der Waals surface area contributed by atoms with Crippen molar-refractivity contribution in [3.8, 4) is 0 Å². The molecule has 2 atom stereocenters. The number of hydrogen-bond donors (Lipinski definition) is 1. The summed E-state index contributed by atoms with van der Waals surface area (Å²) in [5.74, 6) is 0. The van der Waals surface area contributed by atoms with Gasteiger partial charge in [-0.3, -0.25) is 4.90 Å². The predicted molar refractivity (Wildman–Crippen MR) is 74.4 cm³/mol. The fourth-order valence-corrected chi connectivity index (χ4v) is 2.30. The second kappa shape index (κ2) is 10.2. The van der Waals surface area contributed by atoms with Gasteiger partial charge in [0.15, 0.2) is 0 Å². The molecule has 0 aromatic heterocycles. The zero-order chi connectivity index (χ0) is 12.3. The van der Waals surface area contributed by atoms with Crippen LogP contribution in [0, 0.1) is 0 Å². The van der Waals surface area contributed by atoms with Crippen LogP contribution in [-0.2, 0) is 9.47 Å². The van der Waals surface area contributed by atoms with Crippen LogP contribution in [0.25, 0.3) is 0 Å². The largest absolute Gasteiger partial charge is 0.380 e. The van der Waals surface area contributed by atoms with E-state index in [2.05, 4.69) is 23.8 Å². The Hall–Kier alpha value is 0.270. The quantitative estimate of drug-likeness (QED) is 0.496. The van der Waals surface area contributed by atoms with Gasteiger partial charge in [0.1, 0.15) is 0 Å². The third-order valence-corrected chi connectivity index (χ3v) is 3.40. The maximum absolute atomic E-state index is 5.74. The van der Waals surface area contributed by atoms with Gasteiger partial charge in [-0.1, -0.05) is 6.92 Å². The summed E-state index contributed by atoms with van der Waals surface area (Å²) in [7, 11) is 0.972. The van der Waals surface area contributed by atoms with E-state index in [0.29, 0.717) is 6.10 Å². The lowest BCUT2D eigenvalue weighted by molar-refractivity contribution is -0.0342. The Morgan fingerprint density at radius 1 is 1.47 bits per heavy atom. The Morgan fingerprint density at radius 3 is 3.12 bits per heavy atom. The van der Waals surface area contributed by atoms with Crippen molar-refractivity contribution in [2.45, 2.75) is 19.4 Å². The molecule has 0 bridgehead atoms. The molecule has 1 fully saturated rings. The molecule has 1 heterocycles. The molecule has 1 saturated heterocycles. The average Bonchev–Trinajstić information content (AvgIpc) is 2.36. The average molecular weight is 262 g/mol. The highest BCUT2D eigenvalue weighted by molar-refractivity contribution is 7.36. The minimum Gasteiger partial charge on any atom is -0.380 e. The molecule has 1 aliphatic rings. The smallest absolute Gasteiger partial charge is 0.0826 e. The minimum atomic E-state index is 0.353. The van der Waals surface area contributed by atoms with Crippen LogP contribution < -0.4 is 5.32 Å². The van der Waals surface area contributed by atoms with Crippen LogP contribution in [-0.4, -0.2) is 70.0 Å². The molecule has 0 spiro atoms. The molecule has 0 aromatic carbocycles. The molecule has 0 aromatic rings. The molecule has 1 aliphatic heterocycles. The molecule has 1 rings (SSSR count). The van der Waals surface area contributed by atoms with Crippen molar-refractivity contribution in [1.82, 2.24) is 10.2 Å². The van der Waals surface area contributed by atoms with Gasteiger partial charge < -0.3 is 14.8 Å². The highest BCUT2D eigenvalue weighted by atomic mass is 31.1. The first kappa shape index (κ1) is 15.3. The first-order valence-electron chi connectivity index (χ1n) is 6.63. The molecule has 0 saturated carbocycles. The first-order valence-corrected chi connectivity index (χ1v) is 8.34. The molecule has 4 nitrogen and oxygen atoms in total. The van der Waals surface area contributed by atoms with E-state index in [4.69, 9.17) is 9.47 Å². The van der Waals surface area contributed by atoms with Gasteiger partial charge in [0.25, 0.3) is 0 Å². The summed E-state index contributed by atoms with van der Waals surface area (Å²) in [6.45, 7) is 11.0. The van der Waals surface area contributed by atoms with Crippen LogP contribution in [0.4, 0.5) is 0 Å². The Kier molecular flexibility index (Phi) is 9.21. The Morgan fingerprint density at radius 2 is 2.35 bits per heavy atom. The van der Waals surface area contributed by atoms with Crippen LogP contribution in [0.15, 0.2) is 0 Å². The van der Waals surface area contributed by atoms with Crippen molar-refractivity contribution in [3.63, 3.8) is 0 Å². The van der Waals surface area contributed by atoms with Crippen molar-refractivity contribution in [1.29, 1.82) is 0 Å². The zero-order valence-corrected chi connectivity index (χ0v) is 12.2. The minimum absolute atomic E-state index is 0.353. The van der Waals surface area contributed by atoms with Gasteiger partial charge in [0.2, 0.25) is 0 Å². The SMILES string of the molecule is CCCOCCN1CCOC(CNCPC)C1. The number of morpholine rings is 1. The fourth-order valence-electron chi connectivity index (χ4n) is 1.91. The molecular weight excluding hydrogens is 235 g/mol. The number of nitrogens with zero attached hydrogens (tertiary/aromatic N) is 1. The van der Waals surface area contributed by atoms with Crippen LogP contribution in [0.2, 0.25) is 0 Å². The van der Waals surface area contributed by atoms with E-state index < -0.39 is 0 Å². The summed E-state index contributed by atoms with van der Waals surface area (Å²) in [6.07, 6.45) is 2.57. The highest BCUT2D eigenvalue weighted by Gasteiger charge is 2.19. The number of ether oxygens (including phenoxy) is 2. The maximum Gasteiger partial charge on any atom is 0.0826 e. The van der Waals surface area contributed by atoms with E-state index in [1.165, 1.54) is 0 Å². The van der Waals surface area contributed by atoms with Gasteiger partial charge in [-0.05, 0) is 13.1 Å². The van der Waals surface area contributed by atoms with Crippen LogP contribution >= 0.6 is 8.58 Å². The van der Waals surface area contributed by atoms with E-state index in [-0.39, 0.29) is 0 Å². The number of rotatable bonds is 9. The number of hydrogen-bond acceptors (Lipinski definition) is 4. The molecule has 1 N–H and O–H groups in total.